The number of benzene rings is 2. The predicted octanol–water partition coefficient (Wildman–Crippen LogP) is 2.38. The summed E-state index contributed by atoms with van der Waals surface area (Å²) in [5, 5.41) is 2.88. The van der Waals surface area contributed by atoms with E-state index in [0.29, 0.717) is 23.9 Å². The molecule has 0 spiro atoms. The second kappa shape index (κ2) is 6.75. The number of nitrogens with two attached hydrogens (primary N) is 1. The van der Waals surface area contributed by atoms with Crippen LogP contribution in [0.2, 0.25) is 0 Å². The molecule has 23 heavy (non-hydrogen) atoms. The number of quaternary nitrogens is 1. The van der Waals surface area contributed by atoms with E-state index in [1.807, 2.05) is 24.3 Å². The smallest absolute Gasteiger partial charge is 0.258 e. The van der Waals surface area contributed by atoms with Crippen molar-refractivity contribution in [1.82, 2.24) is 9.97 Å². The van der Waals surface area contributed by atoms with Crippen molar-refractivity contribution in [3.05, 3.63) is 76.3 Å². The van der Waals surface area contributed by atoms with Crippen LogP contribution in [0.3, 0.4) is 0 Å². The Labute approximate surface area is 135 Å². The summed E-state index contributed by atoms with van der Waals surface area (Å²) in [7, 11) is 0. The van der Waals surface area contributed by atoms with Crippen LogP contribution in [0.5, 0.6) is 0 Å². The minimum atomic E-state index is -0.0696. The van der Waals surface area contributed by atoms with Gasteiger partial charge in [0.05, 0.1) is 10.9 Å². The first kappa shape index (κ1) is 15.4. The van der Waals surface area contributed by atoms with Crippen molar-refractivity contribution in [3.8, 4) is 0 Å². The Balaban J connectivity index is 1.83. The first-order valence-corrected chi connectivity index (χ1v) is 8.01. The summed E-state index contributed by atoms with van der Waals surface area (Å²) in [4.78, 5) is 19.6. The Hall–Kier alpha value is -2.46. The summed E-state index contributed by atoms with van der Waals surface area (Å²) >= 11 is 0. The molecular formula is C19H22N3O+. The molecule has 0 saturated heterocycles. The Bertz CT molecular complexity index is 840. The van der Waals surface area contributed by atoms with Crippen molar-refractivity contribution < 1.29 is 5.32 Å². The quantitative estimate of drug-likeness (QED) is 0.760. The lowest BCUT2D eigenvalue weighted by atomic mass is 9.96. The van der Waals surface area contributed by atoms with Crippen LogP contribution in [0.15, 0.2) is 59.4 Å². The minimum Gasteiger partial charge on any atom is -0.334 e. The number of rotatable bonds is 5. The molecule has 0 aliphatic heterocycles. The number of para-hydroxylation sites is 1. The fraction of sp³-hybridized carbons (Fsp3) is 0.263. The van der Waals surface area contributed by atoms with E-state index in [2.05, 4.69) is 53.4 Å². The Kier molecular flexibility index (Phi) is 4.53. The molecular weight excluding hydrogens is 286 g/mol. The van der Waals surface area contributed by atoms with Crippen molar-refractivity contribution in [2.45, 2.75) is 26.4 Å². The molecule has 3 aromatic rings. The van der Waals surface area contributed by atoms with Gasteiger partial charge >= 0.3 is 0 Å². The summed E-state index contributed by atoms with van der Waals surface area (Å²) in [5.41, 5.74) is 1.98. The second-order valence-electron chi connectivity index (χ2n) is 6.15. The number of H-pyrrole nitrogens is 1. The molecule has 0 bridgehead atoms. The van der Waals surface area contributed by atoms with Crippen molar-refractivity contribution in [2.75, 3.05) is 0 Å². The highest BCUT2D eigenvalue weighted by molar-refractivity contribution is 5.77. The first-order chi connectivity index (χ1) is 11.1. The molecule has 1 atom stereocenters. The van der Waals surface area contributed by atoms with E-state index in [1.54, 1.807) is 6.07 Å². The molecule has 0 saturated carbocycles. The van der Waals surface area contributed by atoms with Gasteiger partial charge in [0.2, 0.25) is 0 Å². The first-order valence-electron chi connectivity index (χ1n) is 8.01. The number of nitrogens with zero attached hydrogens (tertiary/aromatic N) is 1. The van der Waals surface area contributed by atoms with Crippen LogP contribution in [0, 0.1) is 5.92 Å². The van der Waals surface area contributed by atoms with Crippen molar-refractivity contribution >= 4 is 10.9 Å². The van der Waals surface area contributed by atoms with Gasteiger partial charge in [0.25, 0.3) is 5.56 Å². The highest BCUT2D eigenvalue weighted by Gasteiger charge is 2.19. The SMILES string of the molecule is CC(C)[C@H]([NH2+]Cc1nc2ccccc2c(=O)[nH]1)c1ccccc1. The summed E-state index contributed by atoms with van der Waals surface area (Å²) in [5.74, 6) is 1.21. The molecule has 4 heteroatoms. The van der Waals surface area contributed by atoms with E-state index in [4.69, 9.17) is 0 Å². The molecule has 3 N–H and O–H groups in total. The number of aromatic amines is 1. The fourth-order valence-corrected chi connectivity index (χ4v) is 2.94. The molecule has 0 amide bonds. The van der Waals surface area contributed by atoms with E-state index in [-0.39, 0.29) is 5.56 Å². The third-order valence-electron chi connectivity index (χ3n) is 4.13. The number of nitrogens with one attached hydrogen (secondary N) is 1. The second-order valence-corrected chi connectivity index (χ2v) is 6.15. The molecule has 4 nitrogen and oxygen atoms in total. The highest BCUT2D eigenvalue weighted by Crippen LogP contribution is 2.17. The molecule has 0 fully saturated rings. The molecule has 0 unspecified atom stereocenters. The maximum absolute atomic E-state index is 12.1. The summed E-state index contributed by atoms with van der Waals surface area (Å²) in [6.07, 6.45) is 0. The molecule has 118 valence electrons. The number of fused-ring (bicyclic) bond motifs is 1. The van der Waals surface area contributed by atoms with E-state index in [9.17, 15) is 4.79 Å². The normalized spacial score (nSPS) is 12.7. The lowest BCUT2D eigenvalue weighted by molar-refractivity contribution is -0.718. The van der Waals surface area contributed by atoms with Gasteiger partial charge in [0.15, 0.2) is 5.82 Å². The summed E-state index contributed by atoms with van der Waals surface area (Å²) in [6, 6.07) is 18.2. The van der Waals surface area contributed by atoms with Crippen LogP contribution in [-0.2, 0) is 6.54 Å². The average Bonchev–Trinajstić information content (AvgIpc) is 2.56. The summed E-state index contributed by atoms with van der Waals surface area (Å²) in [6.45, 7) is 5.08. The van der Waals surface area contributed by atoms with Crippen LogP contribution < -0.4 is 10.9 Å². The van der Waals surface area contributed by atoms with Gasteiger partial charge in [-0.2, -0.15) is 0 Å². The van der Waals surface area contributed by atoms with E-state index < -0.39 is 0 Å². The van der Waals surface area contributed by atoms with Crippen molar-refractivity contribution in [3.63, 3.8) is 0 Å². The van der Waals surface area contributed by atoms with Gasteiger partial charge in [-0.1, -0.05) is 56.3 Å². The molecule has 2 aromatic carbocycles. The number of hydrogen-bond acceptors (Lipinski definition) is 2. The van der Waals surface area contributed by atoms with Gasteiger partial charge in [-0.15, -0.1) is 0 Å². The zero-order valence-electron chi connectivity index (χ0n) is 13.5. The topological polar surface area (TPSA) is 62.4 Å². The fourth-order valence-electron chi connectivity index (χ4n) is 2.94. The van der Waals surface area contributed by atoms with E-state index >= 15 is 0 Å². The molecule has 1 aromatic heterocycles. The molecule has 0 radical (unpaired) electrons. The number of hydrogen-bond donors (Lipinski definition) is 2. The lowest BCUT2D eigenvalue weighted by Crippen LogP contribution is -2.85. The third kappa shape index (κ3) is 3.48. The number of aromatic nitrogens is 2. The highest BCUT2D eigenvalue weighted by atomic mass is 16.1. The van der Waals surface area contributed by atoms with Crippen LogP contribution in [0.4, 0.5) is 0 Å². The average molecular weight is 308 g/mol. The standard InChI is InChI=1S/C19H21N3O/c1-13(2)18(14-8-4-3-5-9-14)20-12-17-21-16-11-7-6-10-15(16)19(23)22-17/h3-11,13,18,20H,12H2,1-2H3,(H,21,22,23)/p+1/t18-/m0/s1. The van der Waals surface area contributed by atoms with E-state index in [1.165, 1.54) is 5.56 Å². The third-order valence-corrected chi connectivity index (χ3v) is 4.13. The van der Waals surface area contributed by atoms with Crippen LogP contribution >= 0.6 is 0 Å². The molecule has 0 aliphatic rings. The predicted molar refractivity (Wildman–Crippen MR) is 92.0 cm³/mol. The van der Waals surface area contributed by atoms with Gasteiger partial charge in [-0.3, -0.25) is 4.79 Å². The zero-order chi connectivity index (χ0) is 16.2. The zero-order valence-corrected chi connectivity index (χ0v) is 13.5. The van der Waals surface area contributed by atoms with Crippen molar-refractivity contribution in [1.29, 1.82) is 0 Å². The maximum atomic E-state index is 12.1. The Morgan fingerprint density at radius 2 is 1.74 bits per heavy atom. The van der Waals surface area contributed by atoms with Gasteiger partial charge in [-0.25, -0.2) is 4.98 Å². The minimum absolute atomic E-state index is 0.0696. The van der Waals surface area contributed by atoms with Gasteiger partial charge in [0.1, 0.15) is 12.6 Å². The summed E-state index contributed by atoms with van der Waals surface area (Å²) < 4.78 is 0. The van der Waals surface area contributed by atoms with Gasteiger partial charge in [0, 0.05) is 11.5 Å². The van der Waals surface area contributed by atoms with Gasteiger partial charge in [-0.05, 0) is 12.1 Å². The largest absolute Gasteiger partial charge is 0.334 e. The maximum Gasteiger partial charge on any atom is 0.258 e. The Morgan fingerprint density at radius 3 is 2.48 bits per heavy atom. The van der Waals surface area contributed by atoms with Gasteiger partial charge < -0.3 is 10.3 Å². The van der Waals surface area contributed by atoms with Crippen molar-refractivity contribution in [2.24, 2.45) is 5.92 Å². The lowest BCUT2D eigenvalue weighted by Gasteiger charge is -2.19. The monoisotopic (exact) mass is 308 g/mol. The van der Waals surface area contributed by atoms with Crippen LogP contribution in [0.25, 0.3) is 10.9 Å². The molecule has 3 rings (SSSR count). The molecule has 1 heterocycles. The molecule has 0 aliphatic carbocycles. The Morgan fingerprint density at radius 1 is 1.04 bits per heavy atom. The van der Waals surface area contributed by atoms with E-state index in [0.717, 1.165) is 11.3 Å². The van der Waals surface area contributed by atoms with Crippen LogP contribution in [-0.4, -0.2) is 9.97 Å². The van der Waals surface area contributed by atoms with Crippen LogP contribution in [0.1, 0.15) is 31.3 Å².